The number of nitrogens with zero attached hydrogens (tertiary/aromatic N) is 3. The SMILES string of the molecule is CCOc1ccccc1-c1nnc(SCC(=O)Nc2ccc(CC#N)cc2)o1. The summed E-state index contributed by atoms with van der Waals surface area (Å²) in [4.78, 5) is 12.1. The molecule has 1 N–H and O–H groups in total. The van der Waals surface area contributed by atoms with Gasteiger partial charge in [0.15, 0.2) is 0 Å². The molecule has 0 aliphatic carbocycles. The number of carbonyl (C=O) groups is 1. The van der Waals surface area contributed by atoms with Crippen molar-refractivity contribution >= 4 is 23.4 Å². The first-order chi connectivity index (χ1) is 13.7. The standard InChI is InChI=1S/C20H18N4O3S/c1-2-26-17-6-4-3-5-16(17)19-23-24-20(27-19)28-13-18(25)22-15-9-7-14(8-10-15)11-12-21/h3-10H,2,11,13H2,1H3,(H,22,25). The fourth-order valence-electron chi connectivity index (χ4n) is 2.42. The summed E-state index contributed by atoms with van der Waals surface area (Å²) in [5.41, 5.74) is 2.29. The van der Waals surface area contributed by atoms with E-state index in [4.69, 9.17) is 14.4 Å². The first-order valence-corrected chi connectivity index (χ1v) is 9.62. The number of amides is 1. The molecule has 28 heavy (non-hydrogen) atoms. The van der Waals surface area contributed by atoms with E-state index < -0.39 is 0 Å². The molecule has 1 amide bonds. The summed E-state index contributed by atoms with van der Waals surface area (Å²) in [5, 5.41) is 19.8. The van der Waals surface area contributed by atoms with Crippen molar-refractivity contribution in [2.45, 2.75) is 18.6 Å². The highest BCUT2D eigenvalue weighted by Gasteiger charge is 2.14. The highest BCUT2D eigenvalue weighted by molar-refractivity contribution is 7.99. The molecule has 0 fully saturated rings. The Labute approximate surface area is 166 Å². The smallest absolute Gasteiger partial charge is 0.277 e. The fourth-order valence-corrected chi connectivity index (χ4v) is 2.99. The van der Waals surface area contributed by atoms with Gasteiger partial charge in [-0.2, -0.15) is 5.26 Å². The van der Waals surface area contributed by atoms with Crippen molar-refractivity contribution in [1.82, 2.24) is 10.2 Å². The molecule has 0 aliphatic heterocycles. The number of ether oxygens (including phenoxy) is 1. The number of para-hydroxylation sites is 1. The van der Waals surface area contributed by atoms with Crippen LogP contribution in [0.25, 0.3) is 11.5 Å². The Morgan fingerprint density at radius 3 is 2.75 bits per heavy atom. The summed E-state index contributed by atoms with van der Waals surface area (Å²) in [6.45, 7) is 2.44. The van der Waals surface area contributed by atoms with Crippen LogP contribution in [-0.4, -0.2) is 28.5 Å². The van der Waals surface area contributed by atoms with Crippen LogP contribution in [0.2, 0.25) is 0 Å². The second-order valence-corrected chi connectivity index (χ2v) is 6.60. The maximum atomic E-state index is 12.1. The molecule has 1 aromatic heterocycles. The van der Waals surface area contributed by atoms with Gasteiger partial charge in [0.2, 0.25) is 5.91 Å². The van der Waals surface area contributed by atoms with Crippen LogP contribution in [0, 0.1) is 11.3 Å². The van der Waals surface area contributed by atoms with Gasteiger partial charge in [0.1, 0.15) is 5.75 Å². The van der Waals surface area contributed by atoms with E-state index in [1.807, 2.05) is 43.3 Å². The Bertz CT molecular complexity index is 980. The topological polar surface area (TPSA) is 101 Å². The lowest BCUT2D eigenvalue weighted by Gasteiger charge is -2.06. The first kappa shape index (κ1) is 19.5. The number of hydrogen-bond donors (Lipinski definition) is 1. The third kappa shape index (κ3) is 5.11. The molecule has 0 saturated heterocycles. The third-order valence-electron chi connectivity index (χ3n) is 3.67. The molecule has 3 aromatic rings. The zero-order chi connectivity index (χ0) is 19.8. The zero-order valence-corrected chi connectivity index (χ0v) is 16.0. The van der Waals surface area contributed by atoms with E-state index in [-0.39, 0.29) is 11.7 Å². The van der Waals surface area contributed by atoms with Crippen molar-refractivity contribution in [3.8, 4) is 23.3 Å². The van der Waals surface area contributed by atoms with Crippen LogP contribution in [-0.2, 0) is 11.2 Å². The summed E-state index contributed by atoms with van der Waals surface area (Å²) in [7, 11) is 0. The van der Waals surface area contributed by atoms with Crippen LogP contribution in [0.4, 0.5) is 5.69 Å². The van der Waals surface area contributed by atoms with Crippen LogP contribution in [0.5, 0.6) is 5.75 Å². The summed E-state index contributed by atoms with van der Waals surface area (Å²) < 4.78 is 11.2. The molecule has 0 atom stereocenters. The molecular weight excluding hydrogens is 376 g/mol. The maximum Gasteiger partial charge on any atom is 0.277 e. The van der Waals surface area contributed by atoms with Gasteiger partial charge in [0, 0.05) is 5.69 Å². The molecule has 0 radical (unpaired) electrons. The molecule has 1 heterocycles. The van der Waals surface area contributed by atoms with E-state index in [1.54, 1.807) is 12.1 Å². The molecule has 8 heteroatoms. The van der Waals surface area contributed by atoms with Gasteiger partial charge in [-0.25, -0.2) is 0 Å². The number of thioether (sulfide) groups is 1. The van der Waals surface area contributed by atoms with E-state index in [9.17, 15) is 4.79 Å². The molecular formula is C20H18N4O3S. The fraction of sp³-hybridized carbons (Fsp3) is 0.200. The largest absolute Gasteiger partial charge is 0.493 e. The van der Waals surface area contributed by atoms with Crippen LogP contribution in [0.15, 0.2) is 58.2 Å². The van der Waals surface area contributed by atoms with Crippen molar-refractivity contribution in [2.75, 3.05) is 17.7 Å². The van der Waals surface area contributed by atoms with Crippen LogP contribution < -0.4 is 10.1 Å². The first-order valence-electron chi connectivity index (χ1n) is 8.64. The average molecular weight is 394 g/mol. The maximum absolute atomic E-state index is 12.1. The number of aromatic nitrogens is 2. The molecule has 0 saturated carbocycles. The minimum absolute atomic E-state index is 0.134. The second-order valence-electron chi connectivity index (χ2n) is 5.67. The van der Waals surface area contributed by atoms with Gasteiger partial charge in [0.05, 0.1) is 30.4 Å². The normalized spacial score (nSPS) is 10.3. The van der Waals surface area contributed by atoms with Crippen molar-refractivity contribution in [2.24, 2.45) is 0 Å². The van der Waals surface area contributed by atoms with E-state index in [1.165, 1.54) is 0 Å². The van der Waals surface area contributed by atoms with Gasteiger partial charge < -0.3 is 14.5 Å². The van der Waals surface area contributed by atoms with Gasteiger partial charge in [-0.1, -0.05) is 36.0 Å². The monoisotopic (exact) mass is 394 g/mol. The molecule has 3 rings (SSSR count). The van der Waals surface area contributed by atoms with Gasteiger partial charge >= 0.3 is 0 Å². The molecule has 0 aliphatic rings. The summed E-state index contributed by atoms with van der Waals surface area (Å²) in [6.07, 6.45) is 0.343. The molecule has 0 bridgehead atoms. The molecule has 142 valence electrons. The zero-order valence-electron chi connectivity index (χ0n) is 15.2. The Morgan fingerprint density at radius 1 is 1.21 bits per heavy atom. The number of carbonyl (C=O) groups excluding carboxylic acids is 1. The third-order valence-corrected chi connectivity index (χ3v) is 4.49. The van der Waals surface area contributed by atoms with E-state index in [2.05, 4.69) is 21.6 Å². The molecule has 0 unspecified atom stereocenters. The predicted molar refractivity (Wildman–Crippen MR) is 106 cm³/mol. The van der Waals surface area contributed by atoms with Crippen molar-refractivity contribution < 1.29 is 13.9 Å². The lowest BCUT2D eigenvalue weighted by molar-refractivity contribution is -0.113. The summed E-state index contributed by atoms with van der Waals surface area (Å²) >= 11 is 1.16. The van der Waals surface area contributed by atoms with Gasteiger partial charge in [-0.3, -0.25) is 4.79 Å². The Kier molecular flexibility index (Phi) is 6.65. The second kappa shape index (κ2) is 9.58. The number of anilines is 1. The van der Waals surface area contributed by atoms with E-state index in [0.717, 1.165) is 17.3 Å². The lowest BCUT2D eigenvalue weighted by Crippen LogP contribution is -2.13. The number of hydrogen-bond acceptors (Lipinski definition) is 7. The average Bonchev–Trinajstić information content (AvgIpc) is 3.18. The highest BCUT2D eigenvalue weighted by Crippen LogP contribution is 2.30. The number of nitrogens with one attached hydrogen (secondary N) is 1. The van der Waals surface area contributed by atoms with Crippen LogP contribution in [0.3, 0.4) is 0 Å². The van der Waals surface area contributed by atoms with Gasteiger partial charge in [-0.05, 0) is 36.8 Å². The minimum Gasteiger partial charge on any atom is -0.493 e. The molecule has 0 spiro atoms. The molecule has 7 nitrogen and oxygen atoms in total. The van der Waals surface area contributed by atoms with Crippen LogP contribution in [0.1, 0.15) is 12.5 Å². The Hall–Kier alpha value is -3.31. The quantitative estimate of drug-likeness (QED) is 0.578. The number of rotatable bonds is 8. The molecule has 2 aromatic carbocycles. The summed E-state index contributed by atoms with van der Waals surface area (Å²) in [6, 6.07) is 16.7. The lowest BCUT2D eigenvalue weighted by atomic mass is 10.1. The Morgan fingerprint density at radius 2 is 2.00 bits per heavy atom. The van der Waals surface area contributed by atoms with E-state index >= 15 is 0 Å². The number of nitriles is 1. The predicted octanol–water partition coefficient (Wildman–Crippen LogP) is 3.93. The van der Waals surface area contributed by atoms with E-state index in [0.29, 0.717) is 41.1 Å². The van der Waals surface area contributed by atoms with Crippen molar-refractivity contribution in [1.29, 1.82) is 5.26 Å². The number of benzene rings is 2. The van der Waals surface area contributed by atoms with Gasteiger partial charge in [-0.15, -0.1) is 10.2 Å². The Balaban J connectivity index is 1.57. The van der Waals surface area contributed by atoms with Crippen LogP contribution >= 0.6 is 11.8 Å². The minimum atomic E-state index is -0.188. The van der Waals surface area contributed by atoms with Gasteiger partial charge in [0.25, 0.3) is 11.1 Å². The van der Waals surface area contributed by atoms with Crippen molar-refractivity contribution in [3.63, 3.8) is 0 Å². The van der Waals surface area contributed by atoms with Crippen molar-refractivity contribution in [3.05, 3.63) is 54.1 Å². The highest BCUT2D eigenvalue weighted by atomic mass is 32.2. The summed E-state index contributed by atoms with van der Waals surface area (Å²) in [5.74, 6) is 0.963.